The molecule has 0 aliphatic heterocycles. The van der Waals surface area contributed by atoms with Crippen LogP contribution in [0.25, 0.3) is 0 Å². The van der Waals surface area contributed by atoms with Gasteiger partial charge in [-0.3, -0.25) is 0 Å². The van der Waals surface area contributed by atoms with Crippen LogP contribution in [0.1, 0.15) is 12.8 Å². The van der Waals surface area contributed by atoms with E-state index < -0.39 is 47.0 Å². The van der Waals surface area contributed by atoms with Crippen LogP contribution in [-0.4, -0.2) is 12.1 Å². The molecule has 1 atom stereocenters. The van der Waals surface area contributed by atoms with Crippen LogP contribution in [0, 0.1) is 46.3 Å². The standard InChI is InChI=1S/C12H9F5N2O/c13-6-7(14)9(16)11(10(17)8(6)15)20-4-12(19,3-18)5-1-2-5/h5H,1-2,4,19H2. The molecule has 108 valence electrons. The Morgan fingerprint density at radius 2 is 1.50 bits per heavy atom. The predicted octanol–water partition coefficient (Wildman–Crippen LogP) is 2.39. The first-order valence-electron chi connectivity index (χ1n) is 5.66. The summed E-state index contributed by atoms with van der Waals surface area (Å²) in [4.78, 5) is 0. The van der Waals surface area contributed by atoms with Gasteiger partial charge in [0.2, 0.25) is 29.1 Å². The summed E-state index contributed by atoms with van der Waals surface area (Å²) in [5, 5.41) is 8.91. The molecule has 1 aliphatic carbocycles. The van der Waals surface area contributed by atoms with Gasteiger partial charge in [-0.05, 0) is 18.8 Å². The molecular formula is C12H9F5N2O. The lowest BCUT2D eigenvalue weighted by molar-refractivity contribution is 0.209. The molecule has 0 spiro atoms. The van der Waals surface area contributed by atoms with Crippen LogP contribution in [0.4, 0.5) is 22.0 Å². The van der Waals surface area contributed by atoms with Crippen LogP contribution in [0.2, 0.25) is 0 Å². The molecule has 0 bridgehead atoms. The number of rotatable bonds is 4. The summed E-state index contributed by atoms with van der Waals surface area (Å²) in [7, 11) is 0. The Hall–Kier alpha value is -1.88. The van der Waals surface area contributed by atoms with Gasteiger partial charge in [-0.25, -0.2) is 13.2 Å². The predicted molar refractivity (Wildman–Crippen MR) is 57.0 cm³/mol. The Morgan fingerprint density at radius 3 is 1.90 bits per heavy atom. The fourth-order valence-electron chi connectivity index (χ4n) is 1.74. The largest absolute Gasteiger partial charge is 0.484 e. The number of nitrogens with zero attached hydrogens (tertiary/aromatic N) is 1. The van der Waals surface area contributed by atoms with E-state index in [4.69, 9.17) is 11.0 Å². The maximum absolute atomic E-state index is 13.3. The molecule has 0 amide bonds. The third-order valence-electron chi connectivity index (χ3n) is 3.14. The molecular weight excluding hydrogens is 283 g/mol. The van der Waals surface area contributed by atoms with Crippen molar-refractivity contribution in [1.29, 1.82) is 5.26 Å². The maximum atomic E-state index is 13.3. The quantitative estimate of drug-likeness (QED) is 0.526. The number of ether oxygens (including phenoxy) is 1. The molecule has 1 aliphatic rings. The van der Waals surface area contributed by atoms with Gasteiger partial charge in [0, 0.05) is 0 Å². The van der Waals surface area contributed by atoms with E-state index in [1.165, 1.54) is 0 Å². The summed E-state index contributed by atoms with van der Waals surface area (Å²) in [6.45, 7) is -0.660. The van der Waals surface area contributed by atoms with Crippen LogP contribution < -0.4 is 10.5 Å². The van der Waals surface area contributed by atoms with E-state index in [1.807, 2.05) is 0 Å². The van der Waals surface area contributed by atoms with Gasteiger partial charge >= 0.3 is 0 Å². The van der Waals surface area contributed by atoms with Crippen molar-refractivity contribution in [2.75, 3.05) is 6.61 Å². The highest BCUT2D eigenvalue weighted by Crippen LogP contribution is 2.39. The normalized spacial score (nSPS) is 17.4. The van der Waals surface area contributed by atoms with Gasteiger partial charge in [0.25, 0.3) is 0 Å². The van der Waals surface area contributed by atoms with E-state index in [-0.39, 0.29) is 5.92 Å². The Bertz CT molecular complexity index is 567. The summed E-state index contributed by atoms with van der Waals surface area (Å²) < 4.78 is 69.9. The lowest BCUT2D eigenvalue weighted by Gasteiger charge is -2.21. The van der Waals surface area contributed by atoms with Gasteiger partial charge in [0.1, 0.15) is 12.1 Å². The molecule has 2 rings (SSSR count). The van der Waals surface area contributed by atoms with Gasteiger partial charge in [0.15, 0.2) is 5.75 Å². The zero-order valence-electron chi connectivity index (χ0n) is 10.0. The first-order chi connectivity index (χ1) is 9.31. The second-order valence-corrected chi connectivity index (χ2v) is 4.61. The van der Waals surface area contributed by atoms with Crippen molar-refractivity contribution in [3.63, 3.8) is 0 Å². The highest BCUT2D eigenvalue weighted by Gasteiger charge is 2.44. The number of halogens is 5. The lowest BCUT2D eigenvalue weighted by atomic mass is 9.98. The molecule has 1 fully saturated rings. The molecule has 0 saturated heterocycles. The molecule has 1 aromatic carbocycles. The molecule has 0 aromatic heterocycles. The van der Waals surface area contributed by atoms with Crippen molar-refractivity contribution in [3.8, 4) is 11.8 Å². The van der Waals surface area contributed by atoms with E-state index in [0.29, 0.717) is 12.8 Å². The minimum atomic E-state index is -2.27. The van der Waals surface area contributed by atoms with E-state index in [1.54, 1.807) is 6.07 Å². The Balaban J connectivity index is 2.29. The monoisotopic (exact) mass is 292 g/mol. The number of benzene rings is 1. The van der Waals surface area contributed by atoms with Gasteiger partial charge in [-0.2, -0.15) is 14.0 Å². The van der Waals surface area contributed by atoms with Gasteiger partial charge in [0.05, 0.1) is 6.07 Å². The highest BCUT2D eigenvalue weighted by molar-refractivity contribution is 5.30. The first kappa shape index (κ1) is 14.5. The molecule has 1 aromatic rings. The highest BCUT2D eigenvalue weighted by atomic mass is 19.2. The molecule has 0 radical (unpaired) electrons. The van der Waals surface area contributed by atoms with Crippen LogP contribution >= 0.6 is 0 Å². The third-order valence-corrected chi connectivity index (χ3v) is 3.14. The molecule has 0 heterocycles. The zero-order chi connectivity index (χ0) is 15.1. The van der Waals surface area contributed by atoms with Crippen molar-refractivity contribution >= 4 is 0 Å². The average molecular weight is 292 g/mol. The van der Waals surface area contributed by atoms with Crippen LogP contribution in [-0.2, 0) is 0 Å². The number of hydrogen-bond acceptors (Lipinski definition) is 3. The molecule has 8 heteroatoms. The summed E-state index contributed by atoms with van der Waals surface area (Å²) in [5.74, 6) is -12.3. The molecule has 2 N–H and O–H groups in total. The topological polar surface area (TPSA) is 59.0 Å². The zero-order valence-corrected chi connectivity index (χ0v) is 10.0. The summed E-state index contributed by atoms with van der Waals surface area (Å²) in [5.41, 5.74) is 4.15. The summed E-state index contributed by atoms with van der Waals surface area (Å²) in [6.07, 6.45) is 1.29. The molecule has 1 saturated carbocycles. The van der Waals surface area contributed by atoms with E-state index in [9.17, 15) is 22.0 Å². The second-order valence-electron chi connectivity index (χ2n) is 4.61. The lowest BCUT2D eigenvalue weighted by Crippen LogP contribution is -2.46. The van der Waals surface area contributed by atoms with Crippen LogP contribution in [0.3, 0.4) is 0 Å². The number of hydrogen-bond donors (Lipinski definition) is 1. The van der Waals surface area contributed by atoms with E-state index >= 15 is 0 Å². The average Bonchev–Trinajstić information content (AvgIpc) is 3.27. The van der Waals surface area contributed by atoms with E-state index in [2.05, 4.69) is 4.74 Å². The Kier molecular flexibility index (Phi) is 3.56. The van der Waals surface area contributed by atoms with Gasteiger partial charge < -0.3 is 10.5 Å². The first-order valence-corrected chi connectivity index (χ1v) is 5.66. The van der Waals surface area contributed by atoms with E-state index in [0.717, 1.165) is 0 Å². The fraction of sp³-hybridized carbons (Fsp3) is 0.417. The van der Waals surface area contributed by atoms with Crippen LogP contribution in [0.5, 0.6) is 5.75 Å². The smallest absolute Gasteiger partial charge is 0.206 e. The Morgan fingerprint density at radius 1 is 1.05 bits per heavy atom. The van der Waals surface area contributed by atoms with Crippen molar-refractivity contribution in [1.82, 2.24) is 0 Å². The minimum absolute atomic E-state index is 0.214. The second kappa shape index (κ2) is 4.90. The maximum Gasteiger partial charge on any atom is 0.206 e. The minimum Gasteiger partial charge on any atom is -0.484 e. The SMILES string of the molecule is N#CC(N)(COc1c(F)c(F)c(F)c(F)c1F)C1CC1. The van der Waals surface area contributed by atoms with Crippen molar-refractivity contribution in [2.45, 2.75) is 18.4 Å². The van der Waals surface area contributed by atoms with Crippen molar-refractivity contribution < 1.29 is 26.7 Å². The van der Waals surface area contributed by atoms with Crippen LogP contribution in [0.15, 0.2) is 0 Å². The fourth-order valence-corrected chi connectivity index (χ4v) is 1.74. The number of nitriles is 1. The van der Waals surface area contributed by atoms with Crippen molar-refractivity contribution in [2.24, 2.45) is 11.7 Å². The molecule has 20 heavy (non-hydrogen) atoms. The Labute approximate surface area is 110 Å². The number of nitrogens with two attached hydrogens (primary N) is 1. The summed E-state index contributed by atoms with van der Waals surface area (Å²) in [6, 6.07) is 1.74. The van der Waals surface area contributed by atoms with Crippen molar-refractivity contribution in [3.05, 3.63) is 29.1 Å². The summed E-state index contributed by atoms with van der Waals surface area (Å²) >= 11 is 0. The molecule has 3 nitrogen and oxygen atoms in total. The third kappa shape index (κ3) is 2.29. The molecule has 1 unspecified atom stereocenters. The van der Waals surface area contributed by atoms with Gasteiger partial charge in [-0.15, -0.1) is 0 Å². The van der Waals surface area contributed by atoms with Gasteiger partial charge in [-0.1, -0.05) is 0 Å².